The third kappa shape index (κ3) is 3.13. The van der Waals surface area contributed by atoms with Crippen LogP contribution in [0.1, 0.15) is 38.3 Å². The van der Waals surface area contributed by atoms with E-state index in [1.165, 1.54) is 25.7 Å². The van der Waals surface area contributed by atoms with E-state index in [9.17, 15) is 0 Å². The minimum atomic E-state index is 0.664. The molecule has 18 heavy (non-hydrogen) atoms. The Kier molecular flexibility index (Phi) is 4.80. The highest BCUT2D eigenvalue weighted by atomic mass is 35.5. The van der Waals surface area contributed by atoms with Crippen LogP contribution in [0.15, 0.2) is 12.1 Å². The van der Waals surface area contributed by atoms with E-state index >= 15 is 0 Å². The predicted octanol–water partition coefficient (Wildman–Crippen LogP) is 2.79. The molecule has 5 heteroatoms. The van der Waals surface area contributed by atoms with E-state index in [1.807, 2.05) is 6.07 Å². The predicted molar refractivity (Wildman–Crippen MR) is 75.4 cm³/mol. The molecule has 1 saturated carbocycles. The lowest BCUT2D eigenvalue weighted by Crippen LogP contribution is -2.33. The summed E-state index contributed by atoms with van der Waals surface area (Å²) in [5.74, 6) is 6.05. The Morgan fingerprint density at radius 3 is 2.78 bits per heavy atom. The summed E-state index contributed by atoms with van der Waals surface area (Å²) < 4.78 is 0. The zero-order valence-corrected chi connectivity index (χ0v) is 11.6. The first-order chi connectivity index (χ1) is 8.74. The van der Waals surface area contributed by atoms with Gasteiger partial charge in [-0.15, -0.1) is 0 Å². The minimum absolute atomic E-state index is 0.664. The molecule has 3 N–H and O–H groups in total. The number of nitrogens with two attached hydrogens (primary N) is 1. The number of halogens is 1. The molecule has 0 aliphatic heterocycles. The molecule has 0 saturated heterocycles. The second kappa shape index (κ2) is 6.36. The van der Waals surface area contributed by atoms with E-state index in [0.717, 1.165) is 18.8 Å². The van der Waals surface area contributed by atoms with Gasteiger partial charge in [-0.25, -0.2) is 10.8 Å². The van der Waals surface area contributed by atoms with E-state index in [4.69, 9.17) is 17.4 Å². The lowest BCUT2D eigenvalue weighted by molar-refractivity contribution is 0.198. The van der Waals surface area contributed by atoms with Crippen molar-refractivity contribution in [2.45, 2.75) is 45.2 Å². The van der Waals surface area contributed by atoms with Gasteiger partial charge in [0.2, 0.25) is 0 Å². The van der Waals surface area contributed by atoms with Crippen molar-refractivity contribution in [2.24, 2.45) is 5.84 Å². The lowest BCUT2D eigenvalue weighted by atomic mass is 10.2. The third-order valence-electron chi connectivity index (χ3n) is 3.67. The Morgan fingerprint density at radius 2 is 2.17 bits per heavy atom. The molecule has 0 spiro atoms. The molecule has 1 aromatic heterocycles. The topological polar surface area (TPSA) is 54.2 Å². The molecule has 1 aliphatic rings. The minimum Gasteiger partial charge on any atom is -0.308 e. The molecule has 0 bridgehead atoms. The van der Waals surface area contributed by atoms with E-state index in [0.29, 0.717) is 16.9 Å². The van der Waals surface area contributed by atoms with Gasteiger partial charge in [-0.2, -0.15) is 0 Å². The van der Waals surface area contributed by atoms with Gasteiger partial charge in [0.05, 0.1) is 10.7 Å². The zero-order chi connectivity index (χ0) is 13.0. The first-order valence-corrected chi connectivity index (χ1v) is 6.98. The number of hydrogen-bond acceptors (Lipinski definition) is 4. The fraction of sp³-hybridized carbons (Fsp3) is 0.615. The number of rotatable bonds is 5. The second-order valence-electron chi connectivity index (χ2n) is 4.77. The molecule has 0 unspecified atom stereocenters. The molecule has 1 heterocycles. The summed E-state index contributed by atoms with van der Waals surface area (Å²) in [5, 5.41) is 0.713. The standard InChI is InChI=1S/C13H21ClN4/c1-2-18(10-5-3-4-6-10)9-12-11(14)7-8-13(16-12)17-15/h7-8,10H,2-6,9,15H2,1H3,(H,16,17). The van der Waals surface area contributed by atoms with Crippen molar-refractivity contribution >= 4 is 17.4 Å². The fourth-order valence-electron chi connectivity index (χ4n) is 2.64. The Labute approximate surface area is 113 Å². The monoisotopic (exact) mass is 268 g/mol. The number of nitrogen functional groups attached to an aromatic ring is 1. The maximum Gasteiger partial charge on any atom is 0.140 e. The van der Waals surface area contributed by atoms with Crippen LogP contribution in [0.4, 0.5) is 5.82 Å². The van der Waals surface area contributed by atoms with Crippen LogP contribution in [0.25, 0.3) is 0 Å². The van der Waals surface area contributed by atoms with E-state index < -0.39 is 0 Å². The van der Waals surface area contributed by atoms with Crippen LogP contribution in [0.3, 0.4) is 0 Å². The molecular formula is C13H21ClN4. The van der Waals surface area contributed by atoms with Crippen LogP contribution >= 0.6 is 11.6 Å². The summed E-state index contributed by atoms with van der Waals surface area (Å²) in [5.41, 5.74) is 3.47. The first kappa shape index (κ1) is 13.6. The summed E-state index contributed by atoms with van der Waals surface area (Å²) in [7, 11) is 0. The highest BCUT2D eigenvalue weighted by Crippen LogP contribution is 2.26. The first-order valence-electron chi connectivity index (χ1n) is 6.60. The SMILES string of the molecule is CCN(Cc1nc(NN)ccc1Cl)C1CCCC1. The molecular weight excluding hydrogens is 248 g/mol. The maximum atomic E-state index is 6.20. The van der Waals surface area contributed by atoms with Gasteiger partial charge in [0, 0.05) is 12.6 Å². The third-order valence-corrected chi connectivity index (χ3v) is 4.01. The summed E-state index contributed by atoms with van der Waals surface area (Å²) >= 11 is 6.20. The average Bonchev–Trinajstić information content (AvgIpc) is 2.91. The Morgan fingerprint density at radius 1 is 1.44 bits per heavy atom. The number of aromatic nitrogens is 1. The van der Waals surface area contributed by atoms with Crippen LogP contribution in [0.2, 0.25) is 5.02 Å². The smallest absolute Gasteiger partial charge is 0.140 e. The van der Waals surface area contributed by atoms with Crippen LogP contribution in [0.5, 0.6) is 0 Å². The summed E-state index contributed by atoms with van der Waals surface area (Å²) in [6, 6.07) is 4.32. The Bertz CT molecular complexity index is 391. The van der Waals surface area contributed by atoms with Crippen LogP contribution in [-0.2, 0) is 6.54 Å². The van der Waals surface area contributed by atoms with Crippen molar-refractivity contribution in [1.29, 1.82) is 0 Å². The van der Waals surface area contributed by atoms with Crippen molar-refractivity contribution < 1.29 is 0 Å². The zero-order valence-electron chi connectivity index (χ0n) is 10.8. The van der Waals surface area contributed by atoms with Crippen molar-refractivity contribution in [3.05, 3.63) is 22.8 Å². The van der Waals surface area contributed by atoms with Crippen molar-refractivity contribution in [2.75, 3.05) is 12.0 Å². The van der Waals surface area contributed by atoms with Gasteiger partial charge in [0.1, 0.15) is 5.82 Å². The Balaban J connectivity index is 2.10. The number of anilines is 1. The van der Waals surface area contributed by atoms with Gasteiger partial charge in [-0.1, -0.05) is 31.4 Å². The van der Waals surface area contributed by atoms with Crippen LogP contribution < -0.4 is 11.3 Å². The van der Waals surface area contributed by atoms with E-state index in [-0.39, 0.29) is 0 Å². The molecule has 0 aromatic carbocycles. The molecule has 0 atom stereocenters. The van der Waals surface area contributed by atoms with Gasteiger partial charge in [-0.05, 0) is 31.5 Å². The largest absolute Gasteiger partial charge is 0.308 e. The van der Waals surface area contributed by atoms with Gasteiger partial charge in [0.15, 0.2) is 0 Å². The molecule has 1 fully saturated rings. The summed E-state index contributed by atoms with van der Waals surface area (Å²) in [6.07, 6.45) is 5.26. The van der Waals surface area contributed by atoms with Gasteiger partial charge in [0.25, 0.3) is 0 Å². The number of nitrogens with zero attached hydrogens (tertiary/aromatic N) is 2. The quantitative estimate of drug-likeness (QED) is 0.637. The van der Waals surface area contributed by atoms with Crippen LogP contribution in [0, 0.1) is 0 Å². The second-order valence-corrected chi connectivity index (χ2v) is 5.18. The van der Waals surface area contributed by atoms with Gasteiger partial charge in [-0.3, -0.25) is 4.90 Å². The van der Waals surface area contributed by atoms with Gasteiger partial charge < -0.3 is 5.43 Å². The lowest BCUT2D eigenvalue weighted by Gasteiger charge is -2.27. The highest BCUT2D eigenvalue weighted by molar-refractivity contribution is 6.31. The molecule has 0 radical (unpaired) electrons. The Hall–Kier alpha value is -0.840. The normalized spacial score (nSPS) is 16.4. The van der Waals surface area contributed by atoms with Crippen molar-refractivity contribution in [3.63, 3.8) is 0 Å². The fourth-order valence-corrected chi connectivity index (χ4v) is 2.80. The molecule has 1 aliphatic carbocycles. The van der Waals surface area contributed by atoms with Crippen LogP contribution in [-0.4, -0.2) is 22.5 Å². The molecule has 100 valence electrons. The van der Waals surface area contributed by atoms with E-state index in [2.05, 4.69) is 22.2 Å². The molecule has 0 amide bonds. The number of hydrogen-bond donors (Lipinski definition) is 2. The van der Waals surface area contributed by atoms with Crippen molar-refractivity contribution in [1.82, 2.24) is 9.88 Å². The number of pyridine rings is 1. The summed E-state index contributed by atoms with van der Waals surface area (Å²) in [4.78, 5) is 6.90. The van der Waals surface area contributed by atoms with E-state index in [1.54, 1.807) is 6.07 Å². The molecule has 2 rings (SSSR count). The number of hydrazine groups is 1. The van der Waals surface area contributed by atoms with Gasteiger partial charge >= 0.3 is 0 Å². The summed E-state index contributed by atoms with van der Waals surface area (Å²) in [6.45, 7) is 4.02. The average molecular weight is 269 g/mol. The highest BCUT2D eigenvalue weighted by Gasteiger charge is 2.22. The van der Waals surface area contributed by atoms with Crippen molar-refractivity contribution in [3.8, 4) is 0 Å². The molecule has 4 nitrogen and oxygen atoms in total. The number of nitrogens with one attached hydrogen (secondary N) is 1. The maximum absolute atomic E-state index is 6.20. The molecule has 1 aromatic rings.